The van der Waals surface area contributed by atoms with Crippen molar-refractivity contribution in [3.05, 3.63) is 48.7 Å². The molecular formula is C18H25N3O. The fourth-order valence-electron chi connectivity index (χ4n) is 2.74. The first-order valence-corrected chi connectivity index (χ1v) is 7.62. The molecule has 118 valence electrons. The Hall–Kier alpha value is -2.07. The number of para-hydroxylation sites is 1. The summed E-state index contributed by atoms with van der Waals surface area (Å²) in [5.41, 5.74) is 2.45. The number of rotatable bonds is 7. The van der Waals surface area contributed by atoms with Crippen LogP contribution in [-0.2, 0) is 11.8 Å². The summed E-state index contributed by atoms with van der Waals surface area (Å²) in [5.74, 6) is 0.0759. The Morgan fingerprint density at radius 1 is 1.41 bits per heavy atom. The molecule has 2 rings (SSSR count). The van der Waals surface area contributed by atoms with Crippen LogP contribution in [0.5, 0.6) is 0 Å². The summed E-state index contributed by atoms with van der Waals surface area (Å²) < 4.78 is 2.14. The van der Waals surface area contributed by atoms with Gasteiger partial charge in [-0.3, -0.25) is 4.79 Å². The van der Waals surface area contributed by atoms with Crippen LogP contribution in [0.25, 0.3) is 10.9 Å². The summed E-state index contributed by atoms with van der Waals surface area (Å²) >= 11 is 0. The number of hydrogen-bond acceptors (Lipinski definition) is 2. The zero-order valence-electron chi connectivity index (χ0n) is 13.7. The number of hydrogen-bond donors (Lipinski definition) is 1. The van der Waals surface area contributed by atoms with Gasteiger partial charge in [-0.05, 0) is 32.1 Å². The molecule has 0 aliphatic carbocycles. The Bertz CT molecular complexity index is 657. The second-order valence-corrected chi connectivity index (χ2v) is 5.82. The van der Waals surface area contributed by atoms with Crippen LogP contribution in [0.1, 0.15) is 24.4 Å². The number of nitrogens with zero attached hydrogens (tertiary/aromatic N) is 2. The predicted octanol–water partition coefficient (Wildman–Crippen LogP) is 2.86. The molecule has 0 saturated carbocycles. The third-order valence-corrected chi connectivity index (χ3v) is 3.98. The lowest BCUT2D eigenvalue weighted by atomic mass is 10.0. The van der Waals surface area contributed by atoms with Crippen molar-refractivity contribution in [2.75, 3.05) is 20.6 Å². The van der Waals surface area contributed by atoms with Gasteiger partial charge in [0, 0.05) is 37.1 Å². The number of carbonyl (C=O) groups is 1. The molecule has 0 saturated heterocycles. The van der Waals surface area contributed by atoms with Gasteiger partial charge in [-0.1, -0.05) is 24.3 Å². The average Bonchev–Trinajstić information content (AvgIpc) is 2.83. The van der Waals surface area contributed by atoms with E-state index in [4.69, 9.17) is 0 Å². The highest BCUT2D eigenvalue weighted by Gasteiger charge is 2.19. The quantitative estimate of drug-likeness (QED) is 0.798. The van der Waals surface area contributed by atoms with Crippen LogP contribution in [-0.4, -0.2) is 36.0 Å². The molecule has 4 nitrogen and oxygen atoms in total. The normalized spacial score (nSPS) is 12.5. The third-order valence-electron chi connectivity index (χ3n) is 3.98. The van der Waals surface area contributed by atoms with Crippen LogP contribution in [0.4, 0.5) is 0 Å². The average molecular weight is 299 g/mol. The smallest absolute Gasteiger partial charge is 0.220 e. The number of carbonyl (C=O) groups excluding carboxylic acids is 1. The van der Waals surface area contributed by atoms with Crippen LogP contribution in [0.2, 0.25) is 0 Å². The lowest BCUT2D eigenvalue weighted by molar-refractivity contribution is -0.121. The molecule has 1 N–H and O–H groups in total. The molecule has 4 heteroatoms. The molecule has 1 atom stereocenters. The Morgan fingerprint density at radius 2 is 2.14 bits per heavy atom. The maximum absolute atomic E-state index is 11.8. The number of benzene rings is 1. The summed E-state index contributed by atoms with van der Waals surface area (Å²) in [4.78, 5) is 14.0. The molecular weight excluding hydrogens is 274 g/mol. The zero-order valence-corrected chi connectivity index (χ0v) is 13.7. The summed E-state index contributed by atoms with van der Waals surface area (Å²) in [7, 11) is 6.14. The van der Waals surface area contributed by atoms with Crippen molar-refractivity contribution >= 4 is 16.8 Å². The van der Waals surface area contributed by atoms with Gasteiger partial charge in [-0.2, -0.15) is 0 Å². The Balaban J connectivity index is 2.20. The molecule has 0 radical (unpaired) electrons. The van der Waals surface area contributed by atoms with Gasteiger partial charge in [0.1, 0.15) is 0 Å². The minimum Gasteiger partial charge on any atom is -0.354 e. The van der Waals surface area contributed by atoms with Crippen molar-refractivity contribution in [3.63, 3.8) is 0 Å². The minimum absolute atomic E-state index is 0.0759. The van der Waals surface area contributed by atoms with Crippen molar-refractivity contribution < 1.29 is 4.79 Å². The SMILES string of the molecule is C=CCCC(=O)NCC(c1cn(C)c2ccccc12)N(C)C. The maximum atomic E-state index is 11.8. The van der Waals surface area contributed by atoms with Gasteiger partial charge in [0.05, 0.1) is 6.04 Å². The van der Waals surface area contributed by atoms with E-state index in [0.29, 0.717) is 19.4 Å². The molecule has 0 spiro atoms. The number of allylic oxidation sites excluding steroid dienone is 1. The molecule has 0 aliphatic rings. The van der Waals surface area contributed by atoms with Crippen molar-refractivity contribution in [1.29, 1.82) is 0 Å². The lowest BCUT2D eigenvalue weighted by Crippen LogP contribution is -2.34. The monoisotopic (exact) mass is 299 g/mol. The van der Waals surface area contributed by atoms with Crippen LogP contribution >= 0.6 is 0 Å². The summed E-state index contributed by atoms with van der Waals surface area (Å²) in [6.45, 7) is 4.26. The summed E-state index contributed by atoms with van der Waals surface area (Å²) in [5, 5.41) is 4.27. The molecule has 1 aromatic heterocycles. The second-order valence-electron chi connectivity index (χ2n) is 5.82. The van der Waals surface area contributed by atoms with Crippen LogP contribution in [0.3, 0.4) is 0 Å². The highest BCUT2D eigenvalue weighted by molar-refractivity contribution is 5.84. The molecule has 0 bridgehead atoms. The van der Waals surface area contributed by atoms with Gasteiger partial charge >= 0.3 is 0 Å². The maximum Gasteiger partial charge on any atom is 0.220 e. The Morgan fingerprint density at radius 3 is 2.82 bits per heavy atom. The third kappa shape index (κ3) is 3.57. The van der Waals surface area contributed by atoms with Crippen LogP contribution in [0.15, 0.2) is 43.1 Å². The highest BCUT2D eigenvalue weighted by atomic mass is 16.1. The minimum atomic E-state index is 0.0759. The van der Waals surface area contributed by atoms with Gasteiger partial charge in [-0.15, -0.1) is 6.58 Å². The number of aromatic nitrogens is 1. The van der Waals surface area contributed by atoms with E-state index in [1.54, 1.807) is 6.08 Å². The second kappa shape index (κ2) is 7.27. The van der Waals surface area contributed by atoms with Gasteiger partial charge in [-0.25, -0.2) is 0 Å². The van der Waals surface area contributed by atoms with Gasteiger partial charge in [0.15, 0.2) is 0 Å². The Kier molecular flexibility index (Phi) is 5.39. The van der Waals surface area contributed by atoms with Crippen molar-refractivity contribution in [2.24, 2.45) is 7.05 Å². The number of nitrogens with one attached hydrogen (secondary N) is 1. The van der Waals surface area contributed by atoms with Gasteiger partial charge in [0.25, 0.3) is 0 Å². The largest absolute Gasteiger partial charge is 0.354 e. The molecule has 0 aliphatic heterocycles. The summed E-state index contributed by atoms with van der Waals surface area (Å²) in [6, 6.07) is 8.52. The van der Waals surface area contributed by atoms with Crippen LogP contribution < -0.4 is 5.32 Å². The molecule has 2 aromatic rings. The van der Waals surface area contributed by atoms with E-state index in [1.165, 1.54) is 16.5 Å². The van der Waals surface area contributed by atoms with E-state index >= 15 is 0 Å². The molecule has 22 heavy (non-hydrogen) atoms. The first-order valence-electron chi connectivity index (χ1n) is 7.62. The number of amides is 1. The topological polar surface area (TPSA) is 37.3 Å². The number of likely N-dealkylation sites (N-methyl/N-ethyl adjacent to an activating group) is 1. The van der Waals surface area contributed by atoms with E-state index in [0.717, 1.165) is 0 Å². The molecule has 0 fully saturated rings. The molecule has 1 amide bonds. The lowest BCUT2D eigenvalue weighted by Gasteiger charge is -2.24. The Labute approximate surface area is 132 Å². The zero-order chi connectivity index (χ0) is 16.1. The van der Waals surface area contributed by atoms with E-state index in [9.17, 15) is 4.79 Å². The van der Waals surface area contributed by atoms with Crippen molar-refractivity contribution in [1.82, 2.24) is 14.8 Å². The first-order chi connectivity index (χ1) is 10.5. The fraction of sp³-hybridized carbons (Fsp3) is 0.389. The number of aryl methyl sites for hydroxylation is 1. The standard InChI is InChI=1S/C18H25N3O/c1-5-6-11-18(22)19-12-17(20(2)3)15-13-21(4)16-10-8-7-9-14(15)16/h5,7-10,13,17H,1,6,11-12H2,2-4H3,(H,19,22). The first kappa shape index (κ1) is 16.3. The van der Waals surface area contributed by atoms with E-state index < -0.39 is 0 Å². The van der Waals surface area contributed by atoms with Crippen LogP contribution in [0, 0.1) is 0 Å². The molecule has 1 aromatic carbocycles. The predicted molar refractivity (Wildman–Crippen MR) is 91.8 cm³/mol. The number of fused-ring (bicyclic) bond motifs is 1. The van der Waals surface area contributed by atoms with Crippen molar-refractivity contribution in [2.45, 2.75) is 18.9 Å². The highest BCUT2D eigenvalue weighted by Crippen LogP contribution is 2.28. The summed E-state index contributed by atoms with van der Waals surface area (Å²) in [6.07, 6.45) is 5.14. The van der Waals surface area contributed by atoms with Gasteiger partial charge < -0.3 is 14.8 Å². The fourth-order valence-corrected chi connectivity index (χ4v) is 2.74. The van der Waals surface area contributed by atoms with E-state index in [1.807, 2.05) is 20.2 Å². The van der Waals surface area contributed by atoms with Gasteiger partial charge in [0.2, 0.25) is 5.91 Å². The van der Waals surface area contributed by atoms with E-state index in [2.05, 4.69) is 52.8 Å². The van der Waals surface area contributed by atoms with E-state index in [-0.39, 0.29) is 11.9 Å². The van der Waals surface area contributed by atoms with Crippen molar-refractivity contribution in [3.8, 4) is 0 Å². The molecule has 1 heterocycles. The molecule has 1 unspecified atom stereocenters.